The summed E-state index contributed by atoms with van der Waals surface area (Å²) in [5, 5.41) is 9.63. The van der Waals surface area contributed by atoms with Crippen LogP contribution in [0.25, 0.3) is 0 Å². The number of alkyl halides is 1. The zero-order chi connectivity index (χ0) is 16.8. The summed E-state index contributed by atoms with van der Waals surface area (Å²) in [6.45, 7) is -0.707. The number of hydrogen-bond donors (Lipinski definition) is 2. The van der Waals surface area contributed by atoms with Crippen molar-refractivity contribution < 1.29 is 13.9 Å². The molecule has 0 saturated heterocycles. The van der Waals surface area contributed by atoms with Crippen LogP contribution in [0.3, 0.4) is 0 Å². The number of nitrogens with zero attached hydrogens (tertiary/aromatic N) is 4. The molecule has 0 aromatic carbocycles. The van der Waals surface area contributed by atoms with Crippen molar-refractivity contribution in [2.45, 2.75) is 6.10 Å². The molecular formula is C15H15FN6O2. The Kier molecular flexibility index (Phi) is 4.80. The first kappa shape index (κ1) is 15.7. The third kappa shape index (κ3) is 3.75. The van der Waals surface area contributed by atoms with Gasteiger partial charge in [0.15, 0.2) is 17.7 Å². The Morgan fingerprint density at radius 3 is 2.88 bits per heavy atom. The van der Waals surface area contributed by atoms with Gasteiger partial charge in [-0.1, -0.05) is 6.07 Å². The topological polar surface area (TPSA) is 97.8 Å². The van der Waals surface area contributed by atoms with Crippen LogP contribution in [0, 0.1) is 0 Å². The standard InChI is InChI=1S/C15H15FN6O2/c1-23-14-5-12(21-22-14)19-13-8-18-9-15(20-13)24-11(6-16)10-3-2-4-17-7-10/h2-5,7-9,11H,6H2,1H3,(H2,19,20,21,22)/t11-/m1/s1. The van der Waals surface area contributed by atoms with Gasteiger partial charge in [-0.05, 0) is 6.07 Å². The van der Waals surface area contributed by atoms with E-state index < -0.39 is 12.8 Å². The van der Waals surface area contributed by atoms with E-state index in [1.807, 2.05) is 0 Å². The van der Waals surface area contributed by atoms with Crippen molar-refractivity contribution in [1.82, 2.24) is 25.1 Å². The van der Waals surface area contributed by atoms with Crippen LogP contribution in [0.2, 0.25) is 0 Å². The molecule has 0 fully saturated rings. The number of pyridine rings is 1. The van der Waals surface area contributed by atoms with Crippen molar-refractivity contribution >= 4 is 11.6 Å². The van der Waals surface area contributed by atoms with Crippen molar-refractivity contribution in [1.29, 1.82) is 0 Å². The average molecular weight is 330 g/mol. The molecule has 0 amide bonds. The second kappa shape index (κ2) is 7.36. The average Bonchev–Trinajstić information content (AvgIpc) is 3.08. The summed E-state index contributed by atoms with van der Waals surface area (Å²) in [6, 6.07) is 5.12. The lowest BCUT2D eigenvalue weighted by Gasteiger charge is -2.15. The van der Waals surface area contributed by atoms with Crippen LogP contribution in [-0.2, 0) is 0 Å². The maximum Gasteiger partial charge on any atom is 0.234 e. The molecule has 9 heteroatoms. The summed E-state index contributed by atoms with van der Waals surface area (Å²) in [5.74, 6) is 1.61. The largest absolute Gasteiger partial charge is 0.481 e. The van der Waals surface area contributed by atoms with Crippen molar-refractivity contribution in [2.75, 3.05) is 19.1 Å². The molecule has 1 atom stereocenters. The van der Waals surface area contributed by atoms with Gasteiger partial charge >= 0.3 is 0 Å². The SMILES string of the molecule is COc1cc(Nc2cncc(O[C@H](CF)c3cccnc3)n2)n[nH]1. The van der Waals surface area contributed by atoms with Crippen LogP contribution in [0.15, 0.2) is 43.0 Å². The minimum Gasteiger partial charge on any atom is -0.481 e. The van der Waals surface area contributed by atoms with E-state index in [2.05, 4.69) is 30.5 Å². The molecule has 3 heterocycles. The normalized spacial score (nSPS) is 11.8. The fourth-order valence-corrected chi connectivity index (χ4v) is 1.97. The van der Waals surface area contributed by atoms with Crippen LogP contribution < -0.4 is 14.8 Å². The summed E-state index contributed by atoms with van der Waals surface area (Å²) in [4.78, 5) is 12.2. The van der Waals surface area contributed by atoms with E-state index in [-0.39, 0.29) is 5.88 Å². The molecule has 0 aliphatic carbocycles. The van der Waals surface area contributed by atoms with Gasteiger partial charge in [0.05, 0.1) is 19.5 Å². The lowest BCUT2D eigenvalue weighted by atomic mass is 10.2. The first-order valence-corrected chi connectivity index (χ1v) is 7.09. The van der Waals surface area contributed by atoms with E-state index in [1.54, 1.807) is 30.6 Å². The first-order valence-electron chi connectivity index (χ1n) is 7.09. The highest BCUT2D eigenvalue weighted by atomic mass is 19.1. The fourth-order valence-electron chi connectivity index (χ4n) is 1.97. The highest BCUT2D eigenvalue weighted by Crippen LogP contribution is 2.22. The molecule has 124 valence electrons. The number of nitrogens with one attached hydrogen (secondary N) is 2. The maximum atomic E-state index is 13.3. The van der Waals surface area contributed by atoms with Crippen molar-refractivity contribution in [3.8, 4) is 11.8 Å². The number of hydrogen-bond acceptors (Lipinski definition) is 7. The van der Waals surface area contributed by atoms with Gasteiger partial charge in [0.1, 0.15) is 6.67 Å². The smallest absolute Gasteiger partial charge is 0.234 e. The number of halogens is 1. The molecule has 0 spiro atoms. The molecule has 3 aromatic rings. The van der Waals surface area contributed by atoms with Gasteiger partial charge in [-0.3, -0.25) is 9.97 Å². The fraction of sp³-hybridized carbons (Fsp3) is 0.200. The van der Waals surface area contributed by atoms with E-state index in [0.717, 1.165) is 0 Å². The zero-order valence-corrected chi connectivity index (χ0v) is 12.8. The Balaban J connectivity index is 1.72. The van der Waals surface area contributed by atoms with Crippen molar-refractivity contribution in [3.63, 3.8) is 0 Å². The van der Waals surface area contributed by atoms with Crippen LogP contribution in [-0.4, -0.2) is 38.9 Å². The maximum absolute atomic E-state index is 13.3. The quantitative estimate of drug-likeness (QED) is 0.686. The summed E-state index contributed by atoms with van der Waals surface area (Å²) in [7, 11) is 1.53. The van der Waals surface area contributed by atoms with Gasteiger partial charge in [0.2, 0.25) is 11.8 Å². The van der Waals surface area contributed by atoms with Crippen molar-refractivity contribution in [3.05, 3.63) is 48.5 Å². The molecule has 0 bridgehead atoms. The Bertz CT molecular complexity index is 782. The molecule has 8 nitrogen and oxygen atoms in total. The Labute approximate surface area is 137 Å². The lowest BCUT2D eigenvalue weighted by Crippen LogP contribution is -2.11. The molecular weight excluding hydrogens is 315 g/mol. The van der Waals surface area contributed by atoms with Crippen LogP contribution in [0.4, 0.5) is 16.0 Å². The Morgan fingerprint density at radius 2 is 2.17 bits per heavy atom. The monoisotopic (exact) mass is 330 g/mol. The molecule has 0 unspecified atom stereocenters. The van der Waals surface area contributed by atoms with E-state index in [1.165, 1.54) is 19.5 Å². The van der Waals surface area contributed by atoms with E-state index >= 15 is 0 Å². The number of anilines is 2. The summed E-state index contributed by atoms with van der Waals surface area (Å²) < 4.78 is 23.9. The molecule has 3 rings (SSSR count). The predicted octanol–water partition coefficient (Wildman–Crippen LogP) is 2.44. The van der Waals surface area contributed by atoms with E-state index in [0.29, 0.717) is 23.1 Å². The number of rotatable bonds is 7. The molecule has 2 N–H and O–H groups in total. The summed E-state index contributed by atoms with van der Waals surface area (Å²) >= 11 is 0. The number of ether oxygens (including phenoxy) is 2. The number of aromatic amines is 1. The predicted molar refractivity (Wildman–Crippen MR) is 84.0 cm³/mol. The first-order chi connectivity index (χ1) is 11.8. The van der Waals surface area contributed by atoms with E-state index in [9.17, 15) is 4.39 Å². The van der Waals surface area contributed by atoms with Gasteiger partial charge in [-0.25, -0.2) is 9.49 Å². The summed E-state index contributed by atoms with van der Waals surface area (Å²) in [5.41, 5.74) is 0.622. The van der Waals surface area contributed by atoms with Gasteiger partial charge in [-0.2, -0.15) is 10.1 Å². The molecule has 24 heavy (non-hydrogen) atoms. The van der Waals surface area contributed by atoms with Crippen molar-refractivity contribution in [2.24, 2.45) is 0 Å². The van der Waals surface area contributed by atoms with Crippen LogP contribution in [0.5, 0.6) is 11.8 Å². The van der Waals surface area contributed by atoms with Gasteiger partial charge < -0.3 is 14.8 Å². The molecule has 0 saturated carbocycles. The number of H-pyrrole nitrogens is 1. The third-order valence-electron chi connectivity index (χ3n) is 3.10. The molecule has 3 aromatic heterocycles. The van der Waals surface area contributed by atoms with Gasteiger partial charge in [0, 0.05) is 24.0 Å². The lowest BCUT2D eigenvalue weighted by molar-refractivity contribution is 0.159. The van der Waals surface area contributed by atoms with Crippen LogP contribution in [0.1, 0.15) is 11.7 Å². The third-order valence-corrected chi connectivity index (χ3v) is 3.10. The number of methoxy groups -OCH3 is 1. The molecule has 0 radical (unpaired) electrons. The zero-order valence-electron chi connectivity index (χ0n) is 12.8. The minimum atomic E-state index is -0.797. The van der Waals surface area contributed by atoms with E-state index in [4.69, 9.17) is 9.47 Å². The second-order valence-corrected chi connectivity index (χ2v) is 4.74. The Hall–Kier alpha value is -3.23. The Morgan fingerprint density at radius 1 is 1.25 bits per heavy atom. The highest BCUT2D eigenvalue weighted by Gasteiger charge is 2.15. The highest BCUT2D eigenvalue weighted by molar-refractivity contribution is 5.51. The van der Waals surface area contributed by atoms with Crippen LogP contribution >= 0.6 is 0 Å². The molecule has 0 aliphatic rings. The number of aromatic nitrogens is 5. The minimum absolute atomic E-state index is 0.189. The second-order valence-electron chi connectivity index (χ2n) is 4.74. The molecule has 0 aliphatic heterocycles. The van der Waals surface area contributed by atoms with Gasteiger partial charge in [-0.15, -0.1) is 0 Å². The van der Waals surface area contributed by atoms with Gasteiger partial charge in [0.25, 0.3) is 0 Å². The summed E-state index contributed by atoms with van der Waals surface area (Å²) in [6.07, 6.45) is 5.28.